The smallest absolute Gasteiger partial charge is 0.269 e. The summed E-state index contributed by atoms with van der Waals surface area (Å²) in [6.07, 6.45) is 0. The van der Waals surface area contributed by atoms with Gasteiger partial charge in [-0.15, -0.1) is 11.3 Å². The molecule has 6 nitrogen and oxygen atoms in total. The van der Waals surface area contributed by atoms with Crippen molar-refractivity contribution in [3.8, 4) is 0 Å². The van der Waals surface area contributed by atoms with Gasteiger partial charge in [-0.05, 0) is 23.8 Å². The lowest BCUT2D eigenvalue weighted by Crippen LogP contribution is -2.35. The van der Waals surface area contributed by atoms with Gasteiger partial charge in [-0.2, -0.15) is 0 Å². The highest BCUT2D eigenvalue weighted by molar-refractivity contribution is 8.15. The molecule has 1 fully saturated rings. The average Bonchev–Trinajstić information content (AvgIpc) is 3.20. The van der Waals surface area contributed by atoms with Gasteiger partial charge in [-0.25, -0.2) is 4.99 Å². The van der Waals surface area contributed by atoms with Gasteiger partial charge in [0.1, 0.15) is 6.04 Å². The number of fused-ring (bicyclic) bond motifs is 4. The van der Waals surface area contributed by atoms with Crippen LogP contribution in [0, 0.1) is 10.1 Å². The highest BCUT2D eigenvalue weighted by Crippen LogP contribution is 2.51. The number of carbonyl (C=O) groups is 1. The molecule has 2 aromatic carbocycles. The minimum Gasteiger partial charge on any atom is -0.278 e. The number of carbonyl (C=O) groups excluding carboxylic acids is 1. The minimum absolute atomic E-state index is 0.00145. The number of aliphatic imine (C=N–C) groups is 1. The molecule has 2 aliphatic rings. The monoisotopic (exact) mass is 415 g/mol. The normalized spacial score (nSPS) is 18.4. The lowest BCUT2D eigenvalue weighted by Gasteiger charge is -2.30. The quantitative estimate of drug-likeness (QED) is 0.429. The van der Waals surface area contributed by atoms with Crippen LogP contribution in [0.2, 0.25) is 5.02 Å². The molecule has 1 saturated heterocycles. The first-order valence-electron chi connectivity index (χ1n) is 8.03. The Morgan fingerprint density at radius 2 is 2.11 bits per heavy atom. The lowest BCUT2D eigenvalue weighted by molar-refractivity contribution is -0.384. The molecule has 3 heterocycles. The summed E-state index contributed by atoms with van der Waals surface area (Å²) in [5, 5.41) is 13.4. The summed E-state index contributed by atoms with van der Waals surface area (Å²) in [5.74, 6) is 0.272. The molecular formula is C18H10ClN3O3S2. The maximum atomic E-state index is 12.6. The summed E-state index contributed by atoms with van der Waals surface area (Å²) >= 11 is 9.10. The van der Waals surface area contributed by atoms with Crippen molar-refractivity contribution in [2.75, 3.05) is 5.75 Å². The van der Waals surface area contributed by atoms with E-state index in [1.54, 1.807) is 11.0 Å². The number of amides is 1. The van der Waals surface area contributed by atoms with Crippen LogP contribution in [-0.2, 0) is 4.79 Å². The van der Waals surface area contributed by atoms with Crippen LogP contribution in [0.4, 0.5) is 11.4 Å². The fraction of sp³-hybridized carbons (Fsp3) is 0.111. The van der Waals surface area contributed by atoms with Crippen LogP contribution in [0.15, 0.2) is 47.5 Å². The second kappa shape index (κ2) is 6.05. The maximum absolute atomic E-state index is 12.6. The van der Waals surface area contributed by atoms with Crippen molar-refractivity contribution in [3.63, 3.8) is 0 Å². The Morgan fingerprint density at radius 3 is 2.93 bits per heavy atom. The van der Waals surface area contributed by atoms with E-state index in [9.17, 15) is 14.9 Å². The number of halogens is 1. The van der Waals surface area contributed by atoms with Crippen molar-refractivity contribution in [2.45, 2.75) is 6.04 Å². The Bertz CT molecular complexity index is 1170. The highest BCUT2D eigenvalue weighted by Gasteiger charge is 2.42. The zero-order valence-electron chi connectivity index (χ0n) is 13.6. The molecule has 1 atom stereocenters. The Balaban J connectivity index is 1.78. The van der Waals surface area contributed by atoms with Gasteiger partial charge in [0, 0.05) is 27.2 Å². The van der Waals surface area contributed by atoms with Gasteiger partial charge >= 0.3 is 0 Å². The first kappa shape index (κ1) is 16.7. The number of nitrogens with zero attached hydrogens (tertiary/aromatic N) is 3. The van der Waals surface area contributed by atoms with Crippen LogP contribution < -0.4 is 0 Å². The molecule has 27 heavy (non-hydrogen) atoms. The number of thiophene rings is 1. The summed E-state index contributed by atoms with van der Waals surface area (Å²) in [7, 11) is 0. The van der Waals surface area contributed by atoms with Gasteiger partial charge in [0.2, 0.25) is 5.91 Å². The number of nitro benzene ring substituents is 1. The second-order valence-electron chi connectivity index (χ2n) is 6.16. The zero-order valence-corrected chi connectivity index (χ0v) is 16.0. The summed E-state index contributed by atoms with van der Waals surface area (Å²) in [6, 6.07) is 11.7. The molecule has 0 radical (unpaired) electrons. The van der Waals surface area contributed by atoms with E-state index in [1.165, 1.54) is 35.2 Å². The van der Waals surface area contributed by atoms with E-state index in [-0.39, 0.29) is 11.6 Å². The Hall–Kier alpha value is -2.42. The molecule has 134 valence electrons. The van der Waals surface area contributed by atoms with Crippen molar-refractivity contribution < 1.29 is 9.72 Å². The molecule has 0 aliphatic carbocycles. The number of rotatable bonds is 2. The molecule has 3 aromatic rings. The van der Waals surface area contributed by atoms with Gasteiger partial charge in [-0.1, -0.05) is 35.5 Å². The maximum Gasteiger partial charge on any atom is 0.269 e. The van der Waals surface area contributed by atoms with E-state index in [0.717, 1.165) is 20.7 Å². The molecule has 2 aliphatic heterocycles. The predicted molar refractivity (Wildman–Crippen MR) is 108 cm³/mol. The molecule has 0 N–H and O–H groups in total. The number of amidine groups is 1. The summed E-state index contributed by atoms with van der Waals surface area (Å²) in [4.78, 5) is 30.7. The van der Waals surface area contributed by atoms with Crippen LogP contribution in [0.3, 0.4) is 0 Å². The number of hydrogen-bond donors (Lipinski definition) is 0. The standard InChI is InChI=1S/C18H10ClN3O3S2/c19-10-4-5-13-12(7-10)15-17(27-13)16(21-14(23)8-26-18(21)20-15)9-2-1-3-11(6-9)22(24)25/h1-7,16H,8H2. The third-order valence-electron chi connectivity index (χ3n) is 4.56. The van der Waals surface area contributed by atoms with E-state index >= 15 is 0 Å². The van der Waals surface area contributed by atoms with Gasteiger partial charge in [0.25, 0.3) is 5.69 Å². The molecule has 1 amide bonds. The molecule has 1 aromatic heterocycles. The van der Waals surface area contributed by atoms with Crippen LogP contribution in [0.5, 0.6) is 0 Å². The number of non-ortho nitro benzene ring substituents is 1. The van der Waals surface area contributed by atoms with Crippen molar-refractivity contribution in [2.24, 2.45) is 4.99 Å². The van der Waals surface area contributed by atoms with Gasteiger partial charge in [0.15, 0.2) is 5.17 Å². The predicted octanol–water partition coefficient (Wildman–Crippen LogP) is 5.13. The summed E-state index contributed by atoms with van der Waals surface area (Å²) in [6.45, 7) is 0. The van der Waals surface area contributed by atoms with E-state index in [1.807, 2.05) is 24.3 Å². The largest absolute Gasteiger partial charge is 0.278 e. The van der Waals surface area contributed by atoms with Crippen molar-refractivity contribution >= 4 is 67.2 Å². The Labute approximate surface area is 166 Å². The van der Waals surface area contributed by atoms with Crippen molar-refractivity contribution in [1.29, 1.82) is 0 Å². The SMILES string of the molecule is O=C1CSC2=Nc3c(sc4ccc(Cl)cc34)C(c3cccc([N+](=O)[O-])c3)N12. The van der Waals surface area contributed by atoms with E-state index in [2.05, 4.69) is 0 Å². The number of benzene rings is 2. The van der Waals surface area contributed by atoms with Crippen LogP contribution in [0.1, 0.15) is 16.5 Å². The molecule has 0 saturated carbocycles. The van der Waals surface area contributed by atoms with E-state index < -0.39 is 11.0 Å². The van der Waals surface area contributed by atoms with Crippen LogP contribution >= 0.6 is 34.7 Å². The lowest BCUT2D eigenvalue weighted by atomic mass is 10.0. The molecule has 0 bridgehead atoms. The highest BCUT2D eigenvalue weighted by atomic mass is 35.5. The average molecular weight is 416 g/mol. The first-order chi connectivity index (χ1) is 13.0. The fourth-order valence-corrected chi connectivity index (χ4v) is 5.72. The van der Waals surface area contributed by atoms with Gasteiger partial charge < -0.3 is 0 Å². The molecule has 0 spiro atoms. The Morgan fingerprint density at radius 1 is 1.26 bits per heavy atom. The van der Waals surface area contributed by atoms with E-state index in [4.69, 9.17) is 16.6 Å². The van der Waals surface area contributed by atoms with Crippen LogP contribution in [0.25, 0.3) is 10.1 Å². The van der Waals surface area contributed by atoms with Gasteiger partial charge in [0.05, 0.1) is 21.2 Å². The topological polar surface area (TPSA) is 75.8 Å². The van der Waals surface area contributed by atoms with Crippen LogP contribution in [-0.4, -0.2) is 26.7 Å². The molecule has 9 heteroatoms. The number of nitro groups is 1. The summed E-state index contributed by atoms with van der Waals surface area (Å²) < 4.78 is 1.02. The third-order valence-corrected chi connectivity index (χ3v) is 6.95. The van der Waals surface area contributed by atoms with Crippen molar-refractivity contribution in [1.82, 2.24) is 4.90 Å². The third kappa shape index (κ3) is 2.55. The Kier molecular flexibility index (Phi) is 3.75. The molecule has 1 unspecified atom stereocenters. The summed E-state index contributed by atoms with van der Waals surface area (Å²) in [5.41, 5.74) is 1.50. The van der Waals surface area contributed by atoms with E-state index in [0.29, 0.717) is 21.5 Å². The number of hydrogen-bond acceptors (Lipinski definition) is 6. The molecular weight excluding hydrogens is 406 g/mol. The number of thioether (sulfide) groups is 1. The molecule has 5 rings (SSSR count). The zero-order chi connectivity index (χ0) is 18.7. The fourth-order valence-electron chi connectivity index (χ4n) is 3.41. The minimum atomic E-state index is -0.425. The first-order valence-corrected chi connectivity index (χ1v) is 10.2. The van der Waals surface area contributed by atoms with Crippen molar-refractivity contribution in [3.05, 3.63) is 68.0 Å². The van der Waals surface area contributed by atoms with Gasteiger partial charge in [-0.3, -0.25) is 19.8 Å². The second-order valence-corrected chi connectivity index (χ2v) is 8.62.